The maximum absolute atomic E-state index is 11.8. The third-order valence-electron chi connectivity index (χ3n) is 4.82. The van der Waals surface area contributed by atoms with E-state index in [1.807, 2.05) is 11.8 Å². The van der Waals surface area contributed by atoms with E-state index in [1.54, 1.807) is 6.92 Å². The van der Waals surface area contributed by atoms with Crippen molar-refractivity contribution in [2.45, 2.75) is 49.5 Å². The van der Waals surface area contributed by atoms with Gasteiger partial charge in [0.25, 0.3) is 0 Å². The molecule has 0 amide bonds. The number of hydrogen-bond donors (Lipinski definition) is 2. The summed E-state index contributed by atoms with van der Waals surface area (Å²) in [6, 6.07) is -0.194. The van der Waals surface area contributed by atoms with Crippen LogP contribution in [0.2, 0.25) is 0 Å². The van der Waals surface area contributed by atoms with Crippen molar-refractivity contribution in [1.82, 2.24) is 5.43 Å². The monoisotopic (exact) mass is 322 g/mol. The summed E-state index contributed by atoms with van der Waals surface area (Å²) in [6.45, 7) is 2.46. The molecule has 2 rings (SSSR count). The van der Waals surface area contributed by atoms with Crippen molar-refractivity contribution in [3.63, 3.8) is 0 Å². The SMILES string of the molecule is CC(C(NN)C1CCOC2(CCSCC2)C1)S(C)(=O)=O. The van der Waals surface area contributed by atoms with Crippen LogP contribution in [-0.4, -0.2) is 49.7 Å². The molecule has 0 aliphatic carbocycles. The molecule has 0 aromatic rings. The zero-order valence-corrected chi connectivity index (χ0v) is 13.9. The molecule has 5 nitrogen and oxygen atoms in total. The number of sulfone groups is 1. The molecule has 20 heavy (non-hydrogen) atoms. The number of hydrogen-bond acceptors (Lipinski definition) is 6. The Hall–Kier alpha value is 0.180. The minimum atomic E-state index is -3.09. The molecule has 0 bridgehead atoms. The van der Waals surface area contributed by atoms with Gasteiger partial charge in [-0.15, -0.1) is 0 Å². The lowest BCUT2D eigenvalue weighted by Crippen LogP contribution is -2.55. The van der Waals surface area contributed by atoms with Crippen LogP contribution in [0.25, 0.3) is 0 Å². The number of ether oxygens (including phenoxy) is 1. The fraction of sp³-hybridized carbons (Fsp3) is 1.00. The van der Waals surface area contributed by atoms with Crippen LogP contribution in [0, 0.1) is 5.92 Å². The maximum Gasteiger partial charge on any atom is 0.151 e. The first-order valence-electron chi connectivity index (χ1n) is 7.25. The topological polar surface area (TPSA) is 81.4 Å². The summed E-state index contributed by atoms with van der Waals surface area (Å²) in [4.78, 5) is 0. The van der Waals surface area contributed by atoms with Gasteiger partial charge in [0.2, 0.25) is 0 Å². The second-order valence-electron chi connectivity index (χ2n) is 6.12. The Kier molecular flexibility index (Phi) is 5.40. The third kappa shape index (κ3) is 3.68. The lowest BCUT2D eigenvalue weighted by Gasteiger charge is -2.46. The molecule has 1 spiro atoms. The van der Waals surface area contributed by atoms with Gasteiger partial charge in [0.05, 0.1) is 10.9 Å². The van der Waals surface area contributed by atoms with Crippen molar-refractivity contribution in [2.24, 2.45) is 11.8 Å². The highest BCUT2D eigenvalue weighted by molar-refractivity contribution is 7.99. The van der Waals surface area contributed by atoms with E-state index >= 15 is 0 Å². The first kappa shape index (κ1) is 16.5. The molecule has 3 unspecified atom stereocenters. The van der Waals surface area contributed by atoms with E-state index in [1.165, 1.54) is 6.26 Å². The summed E-state index contributed by atoms with van der Waals surface area (Å²) in [7, 11) is -3.09. The predicted octanol–water partition coefficient (Wildman–Crippen LogP) is 0.944. The van der Waals surface area contributed by atoms with Crippen molar-refractivity contribution in [1.29, 1.82) is 0 Å². The summed E-state index contributed by atoms with van der Waals surface area (Å²) >= 11 is 1.97. The van der Waals surface area contributed by atoms with Crippen LogP contribution in [0.5, 0.6) is 0 Å². The average Bonchev–Trinajstić information content (AvgIpc) is 2.39. The molecule has 7 heteroatoms. The number of thioether (sulfide) groups is 1. The van der Waals surface area contributed by atoms with Crippen molar-refractivity contribution >= 4 is 21.6 Å². The van der Waals surface area contributed by atoms with E-state index in [0.717, 1.165) is 37.2 Å². The van der Waals surface area contributed by atoms with Gasteiger partial charge in [0.1, 0.15) is 0 Å². The normalized spacial score (nSPS) is 30.1. The highest BCUT2D eigenvalue weighted by Gasteiger charge is 2.43. The van der Waals surface area contributed by atoms with Crippen LogP contribution in [0.15, 0.2) is 0 Å². The Balaban J connectivity index is 2.10. The molecule has 3 N–H and O–H groups in total. The van der Waals surface area contributed by atoms with Crippen molar-refractivity contribution in [3.05, 3.63) is 0 Å². The quantitative estimate of drug-likeness (QED) is 0.592. The zero-order valence-electron chi connectivity index (χ0n) is 12.3. The summed E-state index contributed by atoms with van der Waals surface area (Å²) in [6.07, 6.45) is 5.22. The Morgan fingerprint density at radius 1 is 1.40 bits per heavy atom. The Morgan fingerprint density at radius 2 is 2.05 bits per heavy atom. The second kappa shape index (κ2) is 6.52. The van der Waals surface area contributed by atoms with E-state index < -0.39 is 15.1 Å². The number of nitrogens with one attached hydrogen (secondary N) is 1. The largest absolute Gasteiger partial charge is 0.375 e. The predicted molar refractivity (Wildman–Crippen MR) is 83.4 cm³/mol. The number of nitrogens with two attached hydrogens (primary N) is 1. The van der Waals surface area contributed by atoms with Crippen LogP contribution in [-0.2, 0) is 14.6 Å². The van der Waals surface area contributed by atoms with E-state index in [-0.39, 0.29) is 17.6 Å². The second-order valence-corrected chi connectivity index (χ2v) is 9.75. The highest BCUT2D eigenvalue weighted by atomic mass is 32.2. The summed E-state index contributed by atoms with van der Waals surface area (Å²) < 4.78 is 29.7. The van der Waals surface area contributed by atoms with Gasteiger partial charge in [0.15, 0.2) is 9.84 Å². The van der Waals surface area contributed by atoms with E-state index in [2.05, 4.69) is 5.43 Å². The van der Waals surface area contributed by atoms with Crippen LogP contribution < -0.4 is 11.3 Å². The van der Waals surface area contributed by atoms with Gasteiger partial charge in [-0.2, -0.15) is 11.8 Å². The Morgan fingerprint density at radius 3 is 2.60 bits per heavy atom. The molecule has 2 aliphatic heterocycles. The van der Waals surface area contributed by atoms with Crippen molar-refractivity contribution < 1.29 is 13.2 Å². The average molecular weight is 322 g/mol. The summed E-state index contributed by atoms with van der Waals surface area (Å²) in [5, 5.41) is -0.467. The zero-order chi connectivity index (χ0) is 14.8. The first-order chi connectivity index (χ1) is 9.38. The van der Waals surface area contributed by atoms with Gasteiger partial charge < -0.3 is 4.74 Å². The van der Waals surface area contributed by atoms with Gasteiger partial charge in [0, 0.05) is 18.9 Å². The Labute approximate surface area is 126 Å². The van der Waals surface area contributed by atoms with Crippen LogP contribution in [0.4, 0.5) is 0 Å². The van der Waals surface area contributed by atoms with E-state index in [0.29, 0.717) is 6.61 Å². The van der Waals surface area contributed by atoms with E-state index in [9.17, 15) is 8.42 Å². The van der Waals surface area contributed by atoms with Gasteiger partial charge in [-0.25, -0.2) is 8.42 Å². The Bertz CT molecular complexity index is 416. The number of hydrazine groups is 1. The van der Waals surface area contributed by atoms with Crippen molar-refractivity contribution in [2.75, 3.05) is 24.4 Å². The maximum atomic E-state index is 11.8. The summed E-state index contributed by atoms with van der Waals surface area (Å²) in [5.41, 5.74) is 2.72. The van der Waals surface area contributed by atoms with Gasteiger partial charge in [-0.1, -0.05) is 0 Å². The van der Waals surface area contributed by atoms with Crippen LogP contribution in [0.1, 0.15) is 32.6 Å². The fourth-order valence-corrected chi connectivity index (χ4v) is 5.46. The number of rotatable bonds is 4. The minimum Gasteiger partial charge on any atom is -0.375 e. The summed E-state index contributed by atoms with van der Waals surface area (Å²) in [5.74, 6) is 8.19. The highest BCUT2D eigenvalue weighted by Crippen LogP contribution is 2.41. The van der Waals surface area contributed by atoms with Gasteiger partial charge in [-0.3, -0.25) is 11.3 Å². The van der Waals surface area contributed by atoms with Gasteiger partial charge >= 0.3 is 0 Å². The van der Waals surface area contributed by atoms with E-state index in [4.69, 9.17) is 10.6 Å². The third-order valence-corrected chi connectivity index (χ3v) is 7.45. The molecule has 2 aliphatic rings. The molecule has 118 valence electrons. The molecule has 2 heterocycles. The van der Waals surface area contributed by atoms with Crippen LogP contribution in [0.3, 0.4) is 0 Å². The molecule has 3 atom stereocenters. The van der Waals surface area contributed by atoms with Gasteiger partial charge in [-0.05, 0) is 50.0 Å². The lowest BCUT2D eigenvalue weighted by molar-refractivity contribution is -0.107. The molecule has 2 saturated heterocycles. The molecule has 0 radical (unpaired) electrons. The smallest absolute Gasteiger partial charge is 0.151 e. The first-order valence-corrected chi connectivity index (χ1v) is 10.4. The molecular weight excluding hydrogens is 296 g/mol. The molecule has 0 saturated carbocycles. The molecular formula is C13H26N2O3S2. The minimum absolute atomic E-state index is 0.0412. The fourth-order valence-electron chi connectivity index (χ4n) is 3.39. The molecule has 0 aromatic carbocycles. The van der Waals surface area contributed by atoms with Crippen LogP contribution >= 0.6 is 11.8 Å². The van der Waals surface area contributed by atoms with Crippen molar-refractivity contribution in [3.8, 4) is 0 Å². The molecule has 0 aromatic heterocycles. The lowest BCUT2D eigenvalue weighted by atomic mass is 9.78. The molecule has 2 fully saturated rings. The standard InChI is InChI=1S/C13H26N2O3S2/c1-10(20(2,16)17)12(15-14)11-3-6-18-13(9-11)4-7-19-8-5-13/h10-12,15H,3-9,14H2,1-2H3.